The van der Waals surface area contributed by atoms with Gasteiger partial charge in [0.25, 0.3) is 0 Å². The average Bonchev–Trinajstić information content (AvgIpc) is 2.68. The van der Waals surface area contributed by atoms with Gasteiger partial charge < -0.3 is 9.42 Å². The molecule has 2 aromatic rings. The second kappa shape index (κ2) is 5.56. The molecule has 3 nitrogen and oxygen atoms in total. The Balaban J connectivity index is 0.00000128. The molecular weight excluding hydrogens is 224 g/mol. The minimum Gasteiger partial charge on any atom is -0.359 e. The summed E-state index contributed by atoms with van der Waals surface area (Å²) in [6.07, 6.45) is 1.76. The van der Waals surface area contributed by atoms with Gasteiger partial charge in [0.1, 0.15) is 5.69 Å². The molecule has 86 valence electrons. The molecule has 16 heavy (non-hydrogen) atoms. The molecule has 0 aliphatic carbocycles. The number of aromatic nitrogens is 1. The molecule has 0 atom stereocenters. The SMILES string of the molecule is CCN(c1ccccc1)c1cnoc1C.Cl. The van der Waals surface area contributed by atoms with Gasteiger partial charge in [-0.3, -0.25) is 0 Å². The first-order valence-electron chi connectivity index (χ1n) is 5.06. The molecule has 4 heteroatoms. The maximum atomic E-state index is 5.08. The predicted molar refractivity (Wildman–Crippen MR) is 67.6 cm³/mol. The average molecular weight is 239 g/mol. The smallest absolute Gasteiger partial charge is 0.157 e. The van der Waals surface area contributed by atoms with E-state index in [-0.39, 0.29) is 12.4 Å². The van der Waals surface area contributed by atoms with E-state index in [1.54, 1.807) is 6.20 Å². The van der Waals surface area contributed by atoms with Crippen molar-refractivity contribution in [2.24, 2.45) is 0 Å². The summed E-state index contributed by atoms with van der Waals surface area (Å²) in [5, 5.41) is 3.80. The number of para-hydroxylation sites is 1. The molecule has 1 aromatic heterocycles. The summed E-state index contributed by atoms with van der Waals surface area (Å²) in [6.45, 7) is 4.93. The largest absolute Gasteiger partial charge is 0.359 e. The second-order valence-corrected chi connectivity index (χ2v) is 3.35. The van der Waals surface area contributed by atoms with E-state index >= 15 is 0 Å². The second-order valence-electron chi connectivity index (χ2n) is 3.35. The lowest BCUT2D eigenvalue weighted by Gasteiger charge is -2.21. The molecule has 0 saturated heterocycles. The summed E-state index contributed by atoms with van der Waals surface area (Å²) < 4.78 is 5.08. The summed E-state index contributed by atoms with van der Waals surface area (Å²) in [6, 6.07) is 10.2. The summed E-state index contributed by atoms with van der Waals surface area (Å²) in [4.78, 5) is 2.17. The highest BCUT2D eigenvalue weighted by Gasteiger charge is 2.12. The minimum absolute atomic E-state index is 0. The van der Waals surface area contributed by atoms with Gasteiger partial charge in [0.05, 0.1) is 6.20 Å². The van der Waals surface area contributed by atoms with Gasteiger partial charge in [-0.25, -0.2) is 0 Å². The zero-order chi connectivity index (χ0) is 10.7. The molecule has 0 spiro atoms. The van der Waals surface area contributed by atoms with Crippen LogP contribution in [0.15, 0.2) is 41.1 Å². The Morgan fingerprint density at radius 2 is 1.94 bits per heavy atom. The molecule has 0 saturated carbocycles. The Kier molecular flexibility index (Phi) is 4.38. The number of aryl methyl sites for hydroxylation is 1. The molecule has 0 N–H and O–H groups in total. The van der Waals surface area contributed by atoms with Crippen LogP contribution in [0.2, 0.25) is 0 Å². The molecule has 0 amide bonds. The lowest BCUT2D eigenvalue weighted by atomic mass is 10.2. The third kappa shape index (κ3) is 2.36. The van der Waals surface area contributed by atoms with Gasteiger partial charge in [0.2, 0.25) is 0 Å². The van der Waals surface area contributed by atoms with Crippen LogP contribution in [0, 0.1) is 6.92 Å². The lowest BCUT2D eigenvalue weighted by molar-refractivity contribution is 0.397. The topological polar surface area (TPSA) is 29.3 Å². The zero-order valence-electron chi connectivity index (χ0n) is 9.38. The van der Waals surface area contributed by atoms with Crippen LogP contribution in [0.3, 0.4) is 0 Å². The molecule has 0 unspecified atom stereocenters. The Bertz CT molecular complexity index is 428. The molecule has 1 aromatic carbocycles. The van der Waals surface area contributed by atoms with Crippen LogP contribution in [0.25, 0.3) is 0 Å². The normalized spacial score (nSPS) is 9.62. The zero-order valence-corrected chi connectivity index (χ0v) is 10.2. The lowest BCUT2D eigenvalue weighted by Crippen LogP contribution is -2.15. The summed E-state index contributed by atoms with van der Waals surface area (Å²) in [5.74, 6) is 0.848. The van der Waals surface area contributed by atoms with Gasteiger partial charge in [0.15, 0.2) is 5.76 Å². The van der Waals surface area contributed by atoms with Crippen LogP contribution >= 0.6 is 12.4 Å². The molecule has 0 aliphatic heterocycles. The van der Waals surface area contributed by atoms with Crippen molar-refractivity contribution in [3.05, 3.63) is 42.3 Å². The number of rotatable bonds is 3. The van der Waals surface area contributed by atoms with Crippen LogP contribution in [-0.2, 0) is 0 Å². The predicted octanol–water partition coefficient (Wildman–Crippen LogP) is 3.56. The highest BCUT2D eigenvalue weighted by molar-refractivity contribution is 5.85. The third-order valence-corrected chi connectivity index (χ3v) is 2.40. The third-order valence-electron chi connectivity index (χ3n) is 2.40. The first kappa shape index (κ1) is 12.6. The minimum atomic E-state index is 0. The van der Waals surface area contributed by atoms with Crippen LogP contribution in [0.5, 0.6) is 0 Å². The number of benzene rings is 1. The monoisotopic (exact) mass is 238 g/mol. The first-order chi connectivity index (χ1) is 7.33. The molecule has 0 bridgehead atoms. The molecule has 2 rings (SSSR count). The number of halogens is 1. The van der Waals surface area contributed by atoms with Gasteiger partial charge in [-0.15, -0.1) is 12.4 Å². The molecular formula is C12H15ClN2O. The summed E-state index contributed by atoms with van der Waals surface area (Å²) >= 11 is 0. The fourth-order valence-corrected chi connectivity index (χ4v) is 1.65. The van der Waals surface area contributed by atoms with Crippen molar-refractivity contribution >= 4 is 23.8 Å². The highest BCUT2D eigenvalue weighted by atomic mass is 35.5. The standard InChI is InChI=1S/C12H14N2O.ClH/c1-3-14(11-7-5-4-6-8-11)12-9-13-15-10(12)2;/h4-9H,3H2,1-2H3;1H. The maximum Gasteiger partial charge on any atom is 0.157 e. The van der Waals surface area contributed by atoms with Crippen molar-refractivity contribution < 1.29 is 4.52 Å². The van der Waals surface area contributed by atoms with Crippen LogP contribution in [0.1, 0.15) is 12.7 Å². The van der Waals surface area contributed by atoms with Crippen LogP contribution in [-0.4, -0.2) is 11.7 Å². The van der Waals surface area contributed by atoms with Gasteiger partial charge in [0, 0.05) is 12.2 Å². The van der Waals surface area contributed by atoms with E-state index in [0.29, 0.717) is 0 Å². The van der Waals surface area contributed by atoms with E-state index in [4.69, 9.17) is 4.52 Å². The van der Waals surface area contributed by atoms with Crippen molar-refractivity contribution in [2.45, 2.75) is 13.8 Å². The fraction of sp³-hybridized carbons (Fsp3) is 0.250. The van der Waals surface area contributed by atoms with Gasteiger partial charge >= 0.3 is 0 Å². The van der Waals surface area contributed by atoms with Crippen LogP contribution < -0.4 is 4.90 Å². The number of hydrogen-bond acceptors (Lipinski definition) is 3. The molecule has 0 aliphatic rings. The van der Waals surface area contributed by atoms with Crippen molar-refractivity contribution in [1.82, 2.24) is 5.16 Å². The molecule has 0 fully saturated rings. The highest BCUT2D eigenvalue weighted by Crippen LogP contribution is 2.27. The Morgan fingerprint density at radius 3 is 2.44 bits per heavy atom. The van der Waals surface area contributed by atoms with Crippen molar-refractivity contribution in [3.8, 4) is 0 Å². The van der Waals surface area contributed by atoms with E-state index in [1.807, 2.05) is 25.1 Å². The van der Waals surface area contributed by atoms with E-state index in [9.17, 15) is 0 Å². The van der Waals surface area contributed by atoms with Crippen molar-refractivity contribution in [1.29, 1.82) is 0 Å². The van der Waals surface area contributed by atoms with Gasteiger partial charge in [-0.1, -0.05) is 23.4 Å². The van der Waals surface area contributed by atoms with E-state index in [0.717, 1.165) is 23.7 Å². The van der Waals surface area contributed by atoms with E-state index in [1.165, 1.54) is 0 Å². The quantitative estimate of drug-likeness (QED) is 0.819. The van der Waals surface area contributed by atoms with Crippen LogP contribution in [0.4, 0.5) is 11.4 Å². The molecule has 0 radical (unpaired) electrons. The van der Waals surface area contributed by atoms with Crippen molar-refractivity contribution in [3.63, 3.8) is 0 Å². The van der Waals surface area contributed by atoms with E-state index < -0.39 is 0 Å². The van der Waals surface area contributed by atoms with Crippen molar-refractivity contribution in [2.75, 3.05) is 11.4 Å². The van der Waals surface area contributed by atoms with Gasteiger partial charge in [-0.2, -0.15) is 0 Å². The maximum absolute atomic E-state index is 5.08. The molecule has 1 heterocycles. The number of nitrogens with zero attached hydrogens (tertiary/aromatic N) is 2. The first-order valence-corrected chi connectivity index (χ1v) is 5.06. The van der Waals surface area contributed by atoms with Gasteiger partial charge in [-0.05, 0) is 26.0 Å². The Labute approximate surface area is 101 Å². The summed E-state index contributed by atoms with van der Waals surface area (Å²) in [7, 11) is 0. The van der Waals surface area contributed by atoms with E-state index in [2.05, 4.69) is 29.1 Å². The fourth-order valence-electron chi connectivity index (χ4n) is 1.65. The number of hydrogen-bond donors (Lipinski definition) is 0. The Morgan fingerprint density at radius 1 is 1.25 bits per heavy atom. The Hall–Kier alpha value is -1.48. The summed E-state index contributed by atoms with van der Waals surface area (Å²) in [5.41, 5.74) is 2.19. The number of anilines is 2.